The van der Waals surface area contributed by atoms with E-state index in [0.29, 0.717) is 0 Å². The van der Waals surface area contributed by atoms with Crippen molar-refractivity contribution in [1.29, 1.82) is 0 Å². The van der Waals surface area contributed by atoms with Crippen LogP contribution in [0.15, 0.2) is 57.9 Å². The highest BCUT2D eigenvalue weighted by Crippen LogP contribution is 2.28. The number of benzene rings is 2. The molecule has 1 heterocycles. The lowest BCUT2D eigenvalue weighted by atomic mass is 10.0. The normalized spacial score (nSPS) is 10.7. The van der Waals surface area contributed by atoms with Crippen LogP contribution in [0.1, 0.15) is 0 Å². The molecule has 0 bridgehead atoms. The fraction of sp³-hybridized carbons (Fsp3) is 0. The Hall–Kier alpha value is -3.15. The number of phenolic OH excluding ortho intramolecular Hbond substituents is 1. The van der Waals surface area contributed by atoms with E-state index < -0.39 is 0 Å². The zero-order chi connectivity index (χ0) is 15.0. The first-order valence-corrected chi connectivity index (χ1v) is 6.08. The lowest BCUT2D eigenvalue weighted by molar-refractivity contribution is -0.729. The number of hydrogen-bond acceptors (Lipinski definition) is 4. The average molecular weight is 284 g/mol. The highest BCUT2D eigenvalue weighted by atomic mass is 16.6. The van der Waals surface area contributed by atoms with Crippen molar-refractivity contribution < 1.29 is 19.7 Å². The van der Waals surface area contributed by atoms with Gasteiger partial charge in [0.25, 0.3) is 4.92 Å². The molecule has 3 aromatic rings. The molecule has 2 N–H and O–H groups in total. The summed E-state index contributed by atoms with van der Waals surface area (Å²) in [7, 11) is 0. The summed E-state index contributed by atoms with van der Waals surface area (Å²) in [6, 6.07) is 10.3. The summed E-state index contributed by atoms with van der Waals surface area (Å²) in [6.45, 7) is 0. The predicted octanol–water partition coefficient (Wildman–Crippen LogP) is 2.97. The maximum atomic E-state index is 12.5. The van der Waals surface area contributed by atoms with Gasteiger partial charge in [-0.25, -0.2) is 5.21 Å². The fourth-order valence-corrected chi connectivity index (χ4v) is 2.17. The van der Waals surface area contributed by atoms with Crippen molar-refractivity contribution in [3.05, 3.63) is 63.9 Å². The zero-order valence-electron chi connectivity index (χ0n) is 10.7. The Labute approximate surface area is 118 Å². The van der Waals surface area contributed by atoms with E-state index >= 15 is 0 Å². The number of nitrogens with zero attached hydrogens (tertiary/aromatic N) is 1. The smallest absolute Gasteiger partial charge is 0.324 e. The van der Waals surface area contributed by atoms with Gasteiger partial charge in [-0.05, 0) is 18.2 Å². The molecule has 0 aliphatic rings. The molecule has 0 saturated heterocycles. The predicted molar refractivity (Wildman–Crippen MR) is 74.7 cm³/mol. The minimum absolute atomic E-state index is 0.0140. The summed E-state index contributed by atoms with van der Waals surface area (Å²) in [5, 5.41) is 18.8. The lowest BCUT2D eigenvalue weighted by Gasteiger charge is -2.02. The van der Waals surface area contributed by atoms with Gasteiger partial charge in [0.1, 0.15) is 17.6 Å². The molecule has 0 fully saturated rings. The van der Waals surface area contributed by atoms with E-state index in [1.165, 1.54) is 36.6 Å². The largest absolute Gasteiger partial charge is 0.508 e. The van der Waals surface area contributed by atoms with Crippen LogP contribution in [0.2, 0.25) is 0 Å². The minimum atomic E-state index is -0.356. The first-order valence-electron chi connectivity index (χ1n) is 6.08. The highest BCUT2D eigenvalue weighted by Gasteiger charge is 2.22. The van der Waals surface area contributed by atoms with Gasteiger partial charge in [-0.15, -0.1) is 0 Å². The van der Waals surface area contributed by atoms with Gasteiger partial charge < -0.3 is 9.52 Å². The van der Waals surface area contributed by atoms with E-state index in [9.17, 15) is 14.8 Å². The quantitative estimate of drug-likeness (QED) is 0.706. The Morgan fingerprint density at radius 3 is 2.57 bits per heavy atom. The van der Waals surface area contributed by atoms with Crippen LogP contribution in [0.25, 0.3) is 22.1 Å². The number of fused-ring (bicyclic) bond motifs is 1. The van der Waals surface area contributed by atoms with Gasteiger partial charge >= 0.3 is 5.69 Å². The maximum absolute atomic E-state index is 12.5. The van der Waals surface area contributed by atoms with Crippen molar-refractivity contribution in [3.8, 4) is 16.9 Å². The van der Waals surface area contributed by atoms with Gasteiger partial charge in [0.15, 0.2) is 0 Å². The van der Waals surface area contributed by atoms with Crippen LogP contribution in [-0.2, 0) is 0 Å². The topological polar surface area (TPSA) is 90.8 Å². The molecule has 0 aliphatic heterocycles. The summed E-state index contributed by atoms with van der Waals surface area (Å²) in [6.07, 6.45) is 1.20. The van der Waals surface area contributed by atoms with Crippen LogP contribution >= 0.6 is 0 Å². The third kappa shape index (κ3) is 2.12. The second kappa shape index (κ2) is 4.75. The molecule has 21 heavy (non-hydrogen) atoms. The number of aromatic hydroxyl groups is 1. The summed E-state index contributed by atoms with van der Waals surface area (Å²) >= 11 is 0. The Morgan fingerprint density at radius 2 is 1.81 bits per heavy atom. The molecule has 0 saturated carbocycles. The first kappa shape index (κ1) is 12.9. The van der Waals surface area contributed by atoms with Crippen LogP contribution in [0, 0.1) is 4.91 Å². The van der Waals surface area contributed by atoms with Crippen molar-refractivity contribution in [2.45, 2.75) is 0 Å². The summed E-state index contributed by atoms with van der Waals surface area (Å²) < 4.78 is 5.33. The van der Waals surface area contributed by atoms with E-state index in [0.717, 1.165) is 0 Å². The fourth-order valence-electron chi connectivity index (χ4n) is 2.17. The van der Waals surface area contributed by atoms with Crippen molar-refractivity contribution in [1.82, 2.24) is 0 Å². The number of para-hydroxylation sites is 1. The monoisotopic (exact) mass is 284 g/mol. The van der Waals surface area contributed by atoms with Gasteiger partial charge in [-0.1, -0.05) is 12.1 Å². The Balaban J connectivity index is 2.32. The Morgan fingerprint density at radius 1 is 1.05 bits per heavy atom. The molecule has 6 heteroatoms. The van der Waals surface area contributed by atoms with Gasteiger partial charge in [-0.3, -0.25) is 4.79 Å². The molecule has 104 valence electrons. The maximum Gasteiger partial charge on any atom is 0.324 e. The van der Waals surface area contributed by atoms with E-state index in [-0.39, 0.29) is 43.9 Å². The van der Waals surface area contributed by atoms with Crippen molar-refractivity contribution in [2.75, 3.05) is 0 Å². The SMILES string of the molecule is O=c1c(-c2ccccc2[N+](=O)O)coc2cc(O)ccc12. The van der Waals surface area contributed by atoms with Crippen molar-refractivity contribution in [3.63, 3.8) is 0 Å². The van der Waals surface area contributed by atoms with Crippen molar-refractivity contribution >= 4 is 16.7 Å². The van der Waals surface area contributed by atoms with E-state index in [4.69, 9.17) is 9.62 Å². The second-order valence-corrected chi connectivity index (χ2v) is 4.45. The Bertz CT molecular complexity index is 913. The van der Waals surface area contributed by atoms with Gasteiger partial charge in [-0.2, -0.15) is 0 Å². The molecule has 3 rings (SSSR count). The molecule has 0 amide bonds. The van der Waals surface area contributed by atoms with Gasteiger partial charge in [0, 0.05) is 12.1 Å². The molecule has 6 nitrogen and oxygen atoms in total. The third-order valence-electron chi connectivity index (χ3n) is 3.16. The molecule has 0 aliphatic carbocycles. The number of hydrogen-bond donors (Lipinski definition) is 2. The molecule has 0 radical (unpaired) electrons. The van der Waals surface area contributed by atoms with Crippen molar-refractivity contribution in [2.24, 2.45) is 0 Å². The molecule has 1 aromatic heterocycles. The molecule has 0 spiro atoms. The highest BCUT2D eigenvalue weighted by molar-refractivity contribution is 5.84. The van der Waals surface area contributed by atoms with E-state index in [2.05, 4.69) is 0 Å². The summed E-state index contributed by atoms with van der Waals surface area (Å²) in [4.78, 5) is 23.3. The third-order valence-corrected chi connectivity index (χ3v) is 3.16. The lowest BCUT2D eigenvalue weighted by Crippen LogP contribution is -2.06. The number of phenols is 1. The minimum Gasteiger partial charge on any atom is -0.508 e. The molecular formula is C15H10NO5+. The first-order chi connectivity index (χ1) is 10.1. The van der Waals surface area contributed by atoms with Crippen LogP contribution in [0.4, 0.5) is 5.69 Å². The van der Waals surface area contributed by atoms with Crippen LogP contribution in [0.3, 0.4) is 0 Å². The van der Waals surface area contributed by atoms with Crippen LogP contribution in [-0.4, -0.2) is 15.2 Å². The molecular weight excluding hydrogens is 274 g/mol. The van der Waals surface area contributed by atoms with E-state index in [1.54, 1.807) is 12.1 Å². The van der Waals surface area contributed by atoms with Gasteiger partial charge in [0.05, 0.1) is 21.4 Å². The van der Waals surface area contributed by atoms with Crippen LogP contribution in [0.5, 0.6) is 5.75 Å². The average Bonchev–Trinajstić information content (AvgIpc) is 2.47. The van der Waals surface area contributed by atoms with Crippen LogP contribution < -0.4 is 5.43 Å². The van der Waals surface area contributed by atoms with E-state index in [1.807, 2.05) is 0 Å². The molecule has 0 atom stereocenters. The second-order valence-electron chi connectivity index (χ2n) is 4.45. The summed E-state index contributed by atoms with van der Waals surface area (Å²) in [5.74, 6) is -0.0140. The number of rotatable bonds is 2. The molecule has 2 aromatic carbocycles. The molecule has 0 unspecified atom stereocenters. The Kier molecular flexibility index (Phi) is 2.91. The standard InChI is InChI=1S/C15H9NO5/c17-9-5-6-11-14(7-9)21-8-12(15(11)18)10-3-1-2-4-13(10)16(19)20/h1-8H,(H-,17,18,19,20)/p+1. The summed E-state index contributed by atoms with van der Waals surface area (Å²) in [5.41, 5.74) is 0.245. The zero-order valence-corrected chi connectivity index (χ0v) is 10.7. The van der Waals surface area contributed by atoms with Gasteiger partial charge in [0.2, 0.25) is 5.43 Å².